The van der Waals surface area contributed by atoms with E-state index < -0.39 is 5.60 Å². The zero-order valence-corrected chi connectivity index (χ0v) is 15.0. The highest BCUT2D eigenvalue weighted by Gasteiger charge is 2.31. The summed E-state index contributed by atoms with van der Waals surface area (Å²) in [6, 6.07) is 4.44. The monoisotopic (exact) mass is 322 g/mol. The van der Waals surface area contributed by atoms with E-state index in [1.165, 1.54) is 0 Å². The van der Waals surface area contributed by atoms with Crippen molar-refractivity contribution in [3.63, 3.8) is 0 Å². The molecular weight excluding hydrogens is 292 g/mol. The Kier molecular flexibility index (Phi) is 5.74. The van der Waals surface area contributed by atoms with E-state index in [2.05, 4.69) is 12.2 Å². The van der Waals surface area contributed by atoms with Gasteiger partial charge in [-0.2, -0.15) is 0 Å². The topological polar surface area (TPSA) is 54.7 Å². The molecule has 1 aromatic heterocycles. The third-order valence-corrected chi connectivity index (χ3v) is 4.12. The van der Waals surface area contributed by atoms with Crippen molar-refractivity contribution >= 4 is 6.09 Å². The first-order chi connectivity index (χ1) is 10.8. The lowest BCUT2D eigenvalue weighted by Gasteiger charge is -2.29. The molecule has 1 aliphatic rings. The molecule has 1 amide bonds. The van der Waals surface area contributed by atoms with Crippen molar-refractivity contribution in [2.24, 2.45) is 0 Å². The molecule has 2 heterocycles. The molecule has 1 aromatic rings. The van der Waals surface area contributed by atoms with Crippen LogP contribution in [0.3, 0.4) is 0 Å². The fraction of sp³-hybridized carbons (Fsp3) is 0.722. The van der Waals surface area contributed by atoms with Gasteiger partial charge in [0, 0.05) is 12.6 Å². The molecule has 1 saturated heterocycles. The molecule has 2 atom stereocenters. The summed E-state index contributed by atoms with van der Waals surface area (Å²) in [6.45, 7) is 11.4. The number of rotatable bonds is 5. The van der Waals surface area contributed by atoms with E-state index in [0.717, 1.165) is 43.9 Å². The minimum absolute atomic E-state index is 0.181. The van der Waals surface area contributed by atoms with E-state index in [9.17, 15) is 4.79 Å². The van der Waals surface area contributed by atoms with E-state index >= 15 is 0 Å². The van der Waals surface area contributed by atoms with Gasteiger partial charge in [0.25, 0.3) is 0 Å². The average molecular weight is 322 g/mol. The minimum atomic E-state index is -0.436. The van der Waals surface area contributed by atoms with Crippen LogP contribution in [-0.4, -0.2) is 35.7 Å². The van der Waals surface area contributed by atoms with Crippen LogP contribution in [0.15, 0.2) is 16.5 Å². The molecule has 2 unspecified atom stereocenters. The smallest absolute Gasteiger partial charge is 0.410 e. The van der Waals surface area contributed by atoms with Crippen molar-refractivity contribution < 1.29 is 13.9 Å². The lowest BCUT2D eigenvalue weighted by atomic mass is 10.1. The zero-order valence-electron chi connectivity index (χ0n) is 15.0. The summed E-state index contributed by atoms with van der Waals surface area (Å²) in [5.74, 6) is 1.89. The number of nitrogens with one attached hydrogen (secondary N) is 1. The Morgan fingerprint density at radius 1 is 1.48 bits per heavy atom. The summed E-state index contributed by atoms with van der Waals surface area (Å²) in [6.07, 6.45) is 2.85. The molecule has 23 heavy (non-hydrogen) atoms. The Morgan fingerprint density at radius 3 is 2.83 bits per heavy atom. The van der Waals surface area contributed by atoms with Gasteiger partial charge in [0.05, 0.1) is 6.04 Å². The normalized spacial score (nSPS) is 19.9. The van der Waals surface area contributed by atoms with Crippen molar-refractivity contribution in [3.8, 4) is 0 Å². The van der Waals surface area contributed by atoms with Gasteiger partial charge < -0.3 is 19.4 Å². The quantitative estimate of drug-likeness (QED) is 0.889. The first-order valence-corrected chi connectivity index (χ1v) is 8.55. The van der Waals surface area contributed by atoms with Crippen molar-refractivity contribution in [3.05, 3.63) is 23.7 Å². The van der Waals surface area contributed by atoms with Gasteiger partial charge >= 0.3 is 6.09 Å². The minimum Gasteiger partial charge on any atom is -0.465 e. The number of hydrogen-bond acceptors (Lipinski definition) is 4. The highest BCUT2D eigenvalue weighted by atomic mass is 16.6. The number of likely N-dealkylation sites (tertiary alicyclic amines) is 1. The number of ether oxygens (including phenoxy) is 1. The molecule has 0 radical (unpaired) electrons. The summed E-state index contributed by atoms with van der Waals surface area (Å²) < 4.78 is 11.1. The Hall–Kier alpha value is -1.49. The SMILES string of the molecule is Cc1ccc(C(C)NCCC2CCCN2C(=O)OC(C)(C)C)o1. The van der Waals surface area contributed by atoms with Crippen LogP contribution in [-0.2, 0) is 4.74 Å². The van der Waals surface area contributed by atoms with Crippen LogP contribution in [0.25, 0.3) is 0 Å². The number of carbonyl (C=O) groups excluding carboxylic acids is 1. The number of furan rings is 1. The van der Waals surface area contributed by atoms with Gasteiger partial charge in [0.1, 0.15) is 17.1 Å². The summed E-state index contributed by atoms with van der Waals surface area (Å²) in [5.41, 5.74) is -0.436. The Bertz CT molecular complexity index is 519. The van der Waals surface area contributed by atoms with Gasteiger partial charge in [0.15, 0.2) is 0 Å². The second-order valence-electron chi connectivity index (χ2n) is 7.38. The number of aryl methyl sites for hydroxylation is 1. The van der Waals surface area contributed by atoms with Gasteiger partial charge in [-0.25, -0.2) is 4.79 Å². The summed E-state index contributed by atoms with van der Waals surface area (Å²) in [4.78, 5) is 14.1. The fourth-order valence-electron chi connectivity index (χ4n) is 2.95. The van der Waals surface area contributed by atoms with Crippen LogP contribution < -0.4 is 5.32 Å². The maximum absolute atomic E-state index is 12.3. The first kappa shape index (κ1) is 17.9. The molecule has 130 valence electrons. The third kappa shape index (κ3) is 5.27. The predicted molar refractivity (Wildman–Crippen MR) is 90.4 cm³/mol. The third-order valence-electron chi connectivity index (χ3n) is 4.12. The molecular formula is C18H30N2O3. The van der Waals surface area contributed by atoms with Crippen molar-refractivity contribution in [2.75, 3.05) is 13.1 Å². The van der Waals surface area contributed by atoms with E-state index in [0.29, 0.717) is 0 Å². The Morgan fingerprint density at radius 2 is 2.22 bits per heavy atom. The van der Waals surface area contributed by atoms with Crippen LogP contribution >= 0.6 is 0 Å². The van der Waals surface area contributed by atoms with E-state index in [4.69, 9.17) is 9.15 Å². The van der Waals surface area contributed by atoms with Gasteiger partial charge in [0.2, 0.25) is 0 Å². The molecule has 0 spiro atoms. The van der Waals surface area contributed by atoms with Crippen LogP contribution in [0.2, 0.25) is 0 Å². The van der Waals surface area contributed by atoms with Crippen LogP contribution in [0.4, 0.5) is 4.79 Å². The largest absolute Gasteiger partial charge is 0.465 e. The van der Waals surface area contributed by atoms with Crippen molar-refractivity contribution in [1.29, 1.82) is 0 Å². The van der Waals surface area contributed by atoms with Crippen LogP contribution in [0, 0.1) is 6.92 Å². The fourth-order valence-corrected chi connectivity index (χ4v) is 2.95. The number of carbonyl (C=O) groups is 1. The predicted octanol–water partition coefficient (Wildman–Crippen LogP) is 4.03. The van der Waals surface area contributed by atoms with Crippen molar-refractivity contribution in [1.82, 2.24) is 10.2 Å². The van der Waals surface area contributed by atoms with Gasteiger partial charge in [-0.15, -0.1) is 0 Å². The summed E-state index contributed by atoms with van der Waals surface area (Å²) in [5, 5.41) is 3.47. The molecule has 2 rings (SSSR count). The lowest BCUT2D eigenvalue weighted by molar-refractivity contribution is 0.0220. The highest BCUT2D eigenvalue weighted by Crippen LogP contribution is 2.23. The van der Waals surface area contributed by atoms with Crippen LogP contribution in [0.5, 0.6) is 0 Å². The highest BCUT2D eigenvalue weighted by molar-refractivity contribution is 5.68. The Balaban J connectivity index is 1.79. The summed E-state index contributed by atoms with van der Waals surface area (Å²) in [7, 11) is 0. The molecule has 5 heteroatoms. The van der Waals surface area contributed by atoms with Gasteiger partial charge in [-0.3, -0.25) is 0 Å². The maximum Gasteiger partial charge on any atom is 0.410 e. The second-order valence-corrected chi connectivity index (χ2v) is 7.38. The molecule has 0 bridgehead atoms. The Labute approximate surface area is 139 Å². The van der Waals surface area contributed by atoms with E-state index in [1.54, 1.807) is 0 Å². The van der Waals surface area contributed by atoms with Crippen LogP contribution in [0.1, 0.15) is 64.5 Å². The number of amides is 1. The molecule has 0 aromatic carbocycles. The maximum atomic E-state index is 12.3. The van der Waals surface area contributed by atoms with E-state index in [-0.39, 0.29) is 18.2 Å². The summed E-state index contributed by atoms with van der Waals surface area (Å²) >= 11 is 0. The van der Waals surface area contributed by atoms with E-state index in [1.807, 2.05) is 44.7 Å². The zero-order chi connectivity index (χ0) is 17.0. The molecule has 1 fully saturated rings. The van der Waals surface area contributed by atoms with Crippen molar-refractivity contribution in [2.45, 2.75) is 71.6 Å². The average Bonchev–Trinajstić information content (AvgIpc) is 3.05. The number of hydrogen-bond donors (Lipinski definition) is 1. The molecule has 0 aliphatic carbocycles. The molecule has 5 nitrogen and oxygen atoms in total. The van der Waals surface area contributed by atoms with Gasteiger partial charge in [-0.05, 0) is 72.6 Å². The number of nitrogens with zero attached hydrogens (tertiary/aromatic N) is 1. The molecule has 1 N–H and O–H groups in total. The lowest BCUT2D eigenvalue weighted by Crippen LogP contribution is -2.41. The molecule has 0 saturated carbocycles. The second kappa shape index (κ2) is 7.39. The first-order valence-electron chi connectivity index (χ1n) is 8.55. The molecule has 1 aliphatic heterocycles. The standard InChI is InChI=1S/C18H30N2O3/c1-13-8-9-16(22-13)14(2)19-11-10-15-7-6-12-20(15)17(21)23-18(3,4)5/h8-9,14-15,19H,6-7,10-12H2,1-5H3. The van der Waals surface area contributed by atoms with Gasteiger partial charge in [-0.1, -0.05) is 0 Å².